The molecule has 0 unspecified atom stereocenters. The van der Waals surface area contributed by atoms with E-state index in [-0.39, 0.29) is 33.1 Å². The molecule has 35 heavy (non-hydrogen) atoms. The summed E-state index contributed by atoms with van der Waals surface area (Å²) in [5.74, 6) is -3.64. The Morgan fingerprint density at radius 3 is 2.23 bits per heavy atom. The van der Waals surface area contributed by atoms with Gasteiger partial charge < -0.3 is 20.6 Å². The number of benzene rings is 3. The minimum Gasteiger partial charge on any atom is -0.510 e. The molecule has 178 valence electrons. The minimum atomic E-state index is -1.26. The van der Waals surface area contributed by atoms with Gasteiger partial charge in [-0.3, -0.25) is 9.59 Å². The van der Waals surface area contributed by atoms with E-state index >= 15 is 0 Å². The maximum absolute atomic E-state index is 12.8. The van der Waals surface area contributed by atoms with Gasteiger partial charge in [0.2, 0.25) is 0 Å². The number of rotatable bonds is 7. The molecule has 3 aromatic carbocycles. The van der Waals surface area contributed by atoms with Crippen LogP contribution in [-0.4, -0.2) is 33.0 Å². The molecule has 0 heterocycles. The molecule has 11 heteroatoms. The number of phenols is 1. The number of azo groups is 1. The molecule has 0 saturated heterocycles. The molecule has 0 fully saturated rings. The van der Waals surface area contributed by atoms with Crippen LogP contribution < -0.4 is 5.32 Å². The second-order valence-electron chi connectivity index (χ2n) is 7.10. The zero-order valence-corrected chi connectivity index (χ0v) is 19.5. The average Bonchev–Trinajstić information content (AvgIpc) is 2.81. The van der Waals surface area contributed by atoms with Crippen molar-refractivity contribution in [1.82, 2.24) is 0 Å². The van der Waals surface area contributed by atoms with Crippen molar-refractivity contribution >= 4 is 52.2 Å². The molecule has 1 amide bonds. The van der Waals surface area contributed by atoms with Crippen LogP contribution in [-0.2, 0) is 4.79 Å². The van der Waals surface area contributed by atoms with Crippen LogP contribution in [0.5, 0.6) is 5.75 Å². The van der Waals surface area contributed by atoms with Gasteiger partial charge in [0.05, 0.1) is 16.3 Å². The lowest BCUT2D eigenvalue weighted by atomic mass is 9.98. The summed E-state index contributed by atoms with van der Waals surface area (Å²) in [5.41, 5.74) is -0.606. The van der Waals surface area contributed by atoms with E-state index in [2.05, 4.69) is 15.5 Å². The number of allylic oxidation sites excluding steroid dienone is 1. The van der Waals surface area contributed by atoms with E-state index in [9.17, 15) is 29.7 Å². The van der Waals surface area contributed by atoms with Crippen LogP contribution in [0.2, 0.25) is 10.0 Å². The fourth-order valence-corrected chi connectivity index (χ4v) is 3.27. The third kappa shape index (κ3) is 6.03. The Bertz CT molecular complexity index is 1400. The fourth-order valence-electron chi connectivity index (χ4n) is 2.93. The molecule has 3 rings (SSSR count). The molecule has 4 N–H and O–H groups in total. The van der Waals surface area contributed by atoms with Gasteiger partial charge in [-0.1, -0.05) is 41.4 Å². The van der Waals surface area contributed by atoms with Crippen LogP contribution in [0.1, 0.15) is 33.2 Å². The molecule has 3 aromatic rings. The van der Waals surface area contributed by atoms with Gasteiger partial charge in [-0.05, 0) is 49.4 Å². The summed E-state index contributed by atoms with van der Waals surface area (Å²) >= 11 is 11.9. The molecule has 0 aromatic heterocycles. The first-order chi connectivity index (χ1) is 16.6. The van der Waals surface area contributed by atoms with E-state index in [1.165, 1.54) is 61.5 Å². The molecule has 0 aliphatic heterocycles. The van der Waals surface area contributed by atoms with Crippen molar-refractivity contribution in [3.63, 3.8) is 0 Å². The number of anilines is 1. The number of carboxylic acids is 1. The molecule has 9 nitrogen and oxygen atoms in total. The third-order valence-corrected chi connectivity index (χ3v) is 5.20. The van der Waals surface area contributed by atoms with Crippen molar-refractivity contribution in [3.8, 4) is 5.75 Å². The highest BCUT2D eigenvalue weighted by atomic mass is 35.5. The Morgan fingerprint density at radius 1 is 0.914 bits per heavy atom. The van der Waals surface area contributed by atoms with E-state index in [4.69, 9.17) is 23.2 Å². The van der Waals surface area contributed by atoms with Gasteiger partial charge in [0.1, 0.15) is 17.2 Å². The maximum atomic E-state index is 12.8. The van der Waals surface area contributed by atoms with E-state index in [0.717, 1.165) is 6.07 Å². The van der Waals surface area contributed by atoms with Crippen molar-refractivity contribution in [1.29, 1.82) is 0 Å². The Hall–Kier alpha value is -4.21. The molecule has 0 radical (unpaired) electrons. The molecule has 0 spiro atoms. The van der Waals surface area contributed by atoms with Crippen LogP contribution >= 0.6 is 23.2 Å². The number of aliphatic hydroxyl groups excluding tert-OH is 1. The summed E-state index contributed by atoms with van der Waals surface area (Å²) in [6, 6.07) is 13.8. The fraction of sp³-hybridized carbons (Fsp3) is 0.0417. The lowest BCUT2D eigenvalue weighted by Crippen LogP contribution is -2.15. The van der Waals surface area contributed by atoms with Crippen LogP contribution in [0, 0.1) is 0 Å². The number of carboxylic acid groups (broad SMARTS) is 1. The van der Waals surface area contributed by atoms with Crippen LogP contribution in [0.3, 0.4) is 0 Å². The number of aliphatic hydroxyl groups is 1. The highest BCUT2D eigenvalue weighted by Gasteiger charge is 2.19. The van der Waals surface area contributed by atoms with Gasteiger partial charge in [-0.25, -0.2) is 4.79 Å². The quantitative estimate of drug-likeness (QED) is 0.129. The van der Waals surface area contributed by atoms with Crippen molar-refractivity contribution in [2.24, 2.45) is 10.2 Å². The average molecular weight is 514 g/mol. The summed E-state index contributed by atoms with van der Waals surface area (Å²) in [6.45, 7) is 1.22. The van der Waals surface area contributed by atoms with Gasteiger partial charge in [0.25, 0.3) is 5.91 Å². The number of hydrogen-bond acceptors (Lipinski definition) is 7. The Labute approximate surface area is 209 Å². The van der Waals surface area contributed by atoms with E-state index in [0.29, 0.717) is 5.02 Å². The van der Waals surface area contributed by atoms with E-state index < -0.39 is 34.9 Å². The third-order valence-electron chi connectivity index (χ3n) is 4.63. The van der Waals surface area contributed by atoms with Crippen molar-refractivity contribution in [2.45, 2.75) is 6.92 Å². The number of halogens is 2. The van der Waals surface area contributed by atoms with Gasteiger partial charge in [-0.2, -0.15) is 0 Å². The van der Waals surface area contributed by atoms with Crippen molar-refractivity contribution in [3.05, 3.63) is 98.9 Å². The van der Waals surface area contributed by atoms with E-state index in [1.807, 2.05) is 0 Å². The summed E-state index contributed by atoms with van der Waals surface area (Å²) in [7, 11) is 0. The number of phenolic OH excluding ortho intramolecular Hbond substituents is 1. The summed E-state index contributed by atoms with van der Waals surface area (Å²) in [4.78, 5) is 36.7. The number of aromatic hydroxyl groups is 1. The number of nitrogens with zero attached hydrogens (tertiary/aromatic N) is 2. The number of carbonyl (C=O) groups is 3. The minimum absolute atomic E-state index is 0.0117. The van der Waals surface area contributed by atoms with Gasteiger partial charge in [0, 0.05) is 16.1 Å². The smallest absolute Gasteiger partial charge is 0.336 e. The second kappa shape index (κ2) is 10.8. The topological polar surface area (TPSA) is 149 Å². The van der Waals surface area contributed by atoms with E-state index in [1.54, 1.807) is 0 Å². The Kier molecular flexibility index (Phi) is 7.85. The molecule has 0 aliphatic carbocycles. The van der Waals surface area contributed by atoms with Gasteiger partial charge in [-0.15, -0.1) is 10.2 Å². The highest BCUT2D eigenvalue weighted by Crippen LogP contribution is 2.30. The van der Waals surface area contributed by atoms with Gasteiger partial charge in [0.15, 0.2) is 11.5 Å². The molecular weight excluding hydrogens is 497 g/mol. The SMILES string of the molecule is CC(O)=C(N=Nc1ccc(C(=O)c2ccccc2C(=O)O)cc1O)C(=O)Nc1cc(Cl)ccc1Cl. The first-order valence-electron chi connectivity index (χ1n) is 9.86. The largest absolute Gasteiger partial charge is 0.510 e. The zero-order valence-electron chi connectivity index (χ0n) is 18.0. The highest BCUT2D eigenvalue weighted by molar-refractivity contribution is 6.35. The van der Waals surface area contributed by atoms with Crippen molar-refractivity contribution < 1.29 is 29.7 Å². The van der Waals surface area contributed by atoms with Crippen LogP contribution in [0.25, 0.3) is 0 Å². The first-order valence-corrected chi connectivity index (χ1v) is 10.6. The number of carbonyl (C=O) groups excluding carboxylic acids is 2. The van der Waals surface area contributed by atoms with Gasteiger partial charge >= 0.3 is 5.97 Å². The lowest BCUT2D eigenvalue weighted by molar-refractivity contribution is -0.113. The lowest BCUT2D eigenvalue weighted by Gasteiger charge is -2.08. The monoisotopic (exact) mass is 513 g/mol. The summed E-state index contributed by atoms with van der Waals surface area (Å²) in [5, 5.41) is 40.0. The number of hydrogen-bond donors (Lipinski definition) is 4. The maximum Gasteiger partial charge on any atom is 0.336 e. The number of ketones is 1. The van der Waals surface area contributed by atoms with Crippen LogP contribution in [0.15, 0.2) is 82.3 Å². The molecule has 0 bridgehead atoms. The van der Waals surface area contributed by atoms with Crippen molar-refractivity contribution in [2.75, 3.05) is 5.32 Å². The second-order valence-corrected chi connectivity index (χ2v) is 7.94. The molecule has 0 atom stereocenters. The molecule has 0 aliphatic rings. The standard InChI is InChI=1S/C24H17Cl2N3O6/c1-12(30)21(23(33)27-19-11-14(25)7-8-17(19)26)29-28-18-9-6-13(10-20(18)31)22(32)15-4-2-3-5-16(15)24(34)35/h2-11,30-31H,1H3,(H,27,33)(H,34,35). The summed E-state index contributed by atoms with van der Waals surface area (Å²) in [6.07, 6.45) is 0. The molecule has 0 saturated carbocycles. The number of amides is 1. The van der Waals surface area contributed by atoms with Crippen LogP contribution in [0.4, 0.5) is 11.4 Å². The zero-order chi connectivity index (χ0) is 25.7. The first kappa shape index (κ1) is 25.4. The predicted octanol–water partition coefficient (Wildman–Crippen LogP) is 6.14. The number of nitrogens with one attached hydrogen (secondary N) is 1. The molecular formula is C24H17Cl2N3O6. The Morgan fingerprint density at radius 2 is 1.60 bits per heavy atom. The predicted molar refractivity (Wildman–Crippen MR) is 130 cm³/mol. The summed E-state index contributed by atoms with van der Waals surface area (Å²) < 4.78 is 0. The Balaban J connectivity index is 1.85. The number of aromatic carboxylic acids is 1. The normalized spacial score (nSPS) is 11.7.